The third-order valence-electron chi connectivity index (χ3n) is 2.86. The van der Waals surface area contributed by atoms with Crippen LogP contribution in [0.4, 0.5) is 5.69 Å². The molecule has 1 aromatic carbocycles. The molecule has 0 aliphatic carbocycles. The first-order valence-electron chi connectivity index (χ1n) is 6.81. The number of morpholine rings is 1. The minimum atomic E-state index is -1.82. The molecule has 0 unspecified atom stereocenters. The number of benzene rings is 1. The highest BCUT2D eigenvalue weighted by Gasteiger charge is 2.14. The molecule has 0 spiro atoms. The smallest absolute Gasteiger partial charge is 0.414 e. The predicted octanol–water partition coefficient (Wildman–Crippen LogP) is 1.42. The van der Waals surface area contributed by atoms with Crippen molar-refractivity contribution in [2.75, 3.05) is 38.2 Å². The summed E-state index contributed by atoms with van der Waals surface area (Å²) in [5, 5.41) is 18.5. The average molecular weight is 379 g/mol. The summed E-state index contributed by atoms with van der Waals surface area (Å²) in [5.74, 6) is -3.71. The molecule has 0 saturated carbocycles. The summed E-state index contributed by atoms with van der Waals surface area (Å²) in [4.78, 5) is 32.1. The summed E-state index contributed by atoms with van der Waals surface area (Å²) in [6, 6.07) is 5.03. The van der Waals surface area contributed by atoms with Crippen LogP contribution in [-0.2, 0) is 19.1 Å². The van der Waals surface area contributed by atoms with Gasteiger partial charge in [-0.2, -0.15) is 0 Å². The monoisotopic (exact) mass is 378 g/mol. The van der Waals surface area contributed by atoms with E-state index in [2.05, 4.69) is 10.2 Å². The van der Waals surface area contributed by atoms with Crippen molar-refractivity contribution in [3.05, 3.63) is 28.2 Å². The Morgan fingerprint density at radius 1 is 1.08 bits per heavy atom. The molecule has 1 amide bonds. The Morgan fingerprint density at radius 3 is 2.17 bits per heavy atom. The van der Waals surface area contributed by atoms with Gasteiger partial charge in [0.15, 0.2) is 0 Å². The van der Waals surface area contributed by atoms with Crippen molar-refractivity contribution >= 4 is 46.7 Å². The van der Waals surface area contributed by atoms with Crippen LogP contribution in [0.15, 0.2) is 18.2 Å². The van der Waals surface area contributed by atoms with Crippen molar-refractivity contribution in [1.29, 1.82) is 0 Å². The number of nitrogens with one attached hydrogen (secondary N) is 1. The second kappa shape index (κ2) is 10.1. The Kier molecular flexibility index (Phi) is 8.48. The maximum Gasteiger partial charge on any atom is 0.414 e. The number of amides is 1. The van der Waals surface area contributed by atoms with Gasteiger partial charge in [0.25, 0.3) is 0 Å². The predicted molar refractivity (Wildman–Crippen MR) is 87.6 cm³/mol. The van der Waals surface area contributed by atoms with E-state index in [0.717, 1.165) is 13.1 Å². The number of anilines is 1. The van der Waals surface area contributed by atoms with Crippen LogP contribution in [-0.4, -0.2) is 65.8 Å². The standard InChI is InChI=1S/C12H14Cl2N2O2.C2H2O4/c13-10-2-1-9(7-11(10)14)15-12(17)8-16-3-5-18-6-4-16;3-1(4)2(5)6/h1-2,7H,3-6,8H2,(H,15,17);(H,3,4)(H,5,6). The lowest BCUT2D eigenvalue weighted by Crippen LogP contribution is -2.41. The van der Waals surface area contributed by atoms with Crippen LogP contribution in [0.3, 0.4) is 0 Å². The molecule has 10 heteroatoms. The zero-order chi connectivity index (χ0) is 18.1. The SMILES string of the molecule is O=C(CN1CCOCC1)Nc1ccc(Cl)c(Cl)c1.O=C(O)C(=O)O. The first kappa shape index (κ1) is 20.2. The minimum absolute atomic E-state index is 0.0599. The van der Waals surface area contributed by atoms with Crippen LogP contribution < -0.4 is 5.32 Å². The van der Waals surface area contributed by atoms with Crippen LogP contribution >= 0.6 is 23.2 Å². The summed E-state index contributed by atoms with van der Waals surface area (Å²) in [7, 11) is 0. The third kappa shape index (κ3) is 7.60. The van der Waals surface area contributed by atoms with Crippen molar-refractivity contribution in [2.45, 2.75) is 0 Å². The third-order valence-corrected chi connectivity index (χ3v) is 3.60. The molecular weight excluding hydrogens is 363 g/mol. The van der Waals surface area contributed by atoms with Gasteiger partial charge in [0, 0.05) is 18.8 Å². The molecule has 3 N–H and O–H groups in total. The molecule has 24 heavy (non-hydrogen) atoms. The van der Waals surface area contributed by atoms with E-state index in [9.17, 15) is 4.79 Å². The maximum atomic E-state index is 11.8. The van der Waals surface area contributed by atoms with E-state index < -0.39 is 11.9 Å². The molecule has 2 rings (SSSR count). The molecule has 1 aliphatic rings. The van der Waals surface area contributed by atoms with Gasteiger partial charge in [-0.3, -0.25) is 9.69 Å². The minimum Gasteiger partial charge on any atom is -0.473 e. The molecule has 132 valence electrons. The highest BCUT2D eigenvalue weighted by molar-refractivity contribution is 6.42. The lowest BCUT2D eigenvalue weighted by Gasteiger charge is -2.25. The molecule has 1 heterocycles. The summed E-state index contributed by atoms with van der Waals surface area (Å²) < 4.78 is 5.22. The van der Waals surface area contributed by atoms with Crippen molar-refractivity contribution in [1.82, 2.24) is 4.90 Å². The molecule has 1 aliphatic heterocycles. The molecular formula is C14H16Cl2N2O6. The number of halogens is 2. The Morgan fingerprint density at radius 2 is 1.67 bits per heavy atom. The van der Waals surface area contributed by atoms with Crippen molar-refractivity contribution < 1.29 is 29.3 Å². The molecule has 1 saturated heterocycles. The van der Waals surface area contributed by atoms with Crippen LogP contribution in [0.5, 0.6) is 0 Å². The van der Waals surface area contributed by atoms with E-state index >= 15 is 0 Å². The van der Waals surface area contributed by atoms with E-state index in [1.807, 2.05) is 0 Å². The molecule has 0 aromatic heterocycles. The van der Waals surface area contributed by atoms with E-state index in [4.69, 9.17) is 47.7 Å². The topological polar surface area (TPSA) is 116 Å². The molecule has 0 atom stereocenters. The lowest BCUT2D eigenvalue weighted by atomic mass is 10.3. The zero-order valence-electron chi connectivity index (χ0n) is 12.5. The summed E-state index contributed by atoms with van der Waals surface area (Å²) in [5.41, 5.74) is 0.655. The molecule has 1 aromatic rings. The fourth-order valence-electron chi connectivity index (χ4n) is 1.74. The van der Waals surface area contributed by atoms with Gasteiger partial charge in [-0.1, -0.05) is 23.2 Å². The molecule has 0 radical (unpaired) electrons. The number of aliphatic carboxylic acids is 2. The summed E-state index contributed by atoms with van der Waals surface area (Å²) in [6.07, 6.45) is 0. The highest BCUT2D eigenvalue weighted by Crippen LogP contribution is 2.24. The highest BCUT2D eigenvalue weighted by atomic mass is 35.5. The number of nitrogens with zero attached hydrogens (tertiary/aromatic N) is 1. The number of carbonyl (C=O) groups is 3. The van der Waals surface area contributed by atoms with Gasteiger partial charge < -0.3 is 20.3 Å². The summed E-state index contributed by atoms with van der Waals surface area (Å²) in [6.45, 7) is 3.30. The van der Waals surface area contributed by atoms with Crippen LogP contribution in [0, 0.1) is 0 Å². The second-order valence-corrected chi connectivity index (χ2v) is 5.49. The quantitative estimate of drug-likeness (QED) is 0.680. The fourth-order valence-corrected chi connectivity index (χ4v) is 2.03. The van der Waals surface area contributed by atoms with Crippen molar-refractivity contribution in [3.63, 3.8) is 0 Å². The first-order chi connectivity index (χ1) is 11.3. The van der Waals surface area contributed by atoms with Gasteiger partial charge in [0.1, 0.15) is 0 Å². The number of hydrogen-bond donors (Lipinski definition) is 3. The number of carboxylic acids is 2. The van der Waals surface area contributed by atoms with E-state index in [1.54, 1.807) is 18.2 Å². The summed E-state index contributed by atoms with van der Waals surface area (Å²) >= 11 is 11.7. The molecule has 1 fully saturated rings. The molecule has 0 bridgehead atoms. The van der Waals surface area contributed by atoms with Crippen LogP contribution in [0.2, 0.25) is 10.0 Å². The second-order valence-electron chi connectivity index (χ2n) is 4.68. The normalized spacial score (nSPS) is 14.2. The van der Waals surface area contributed by atoms with Crippen LogP contribution in [0.1, 0.15) is 0 Å². The van der Waals surface area contributed by atoms with Gasteiger partial charge in [-0.05, 0) is 18.2 Å². The largest absolute Gasteiger partial charge is 0.473 e. The number of carboxylic acid groups (broad SMARTS) is 2. The van der Waals surface area contributed by atoms with Crippen LogP contribution in [0.25, 0.3) is 0 Å². The van der Waals surface area contributed by atoms with Gasteiger partial charge in [-0.25, -0.2) is 9.59 Å². The number of hydrogen-bond acceptors (Lipinski definition) is 5. The Balaban J connectivity index is 0.000000413. The maximum absolute atomic E-state index is 11.8. The number of rotatable bonds is 3. The first-order valence-corrected chi connectivity index (χ1v) is 7.56. The van der Waals surface area contributed by atoms with Gasteiger partial charge in [0.2, 0.25) is 5.91 Å². The fraction of sp³-hybridized carbons (Fsp3) is 0.357. The number of ether oxygens (including phenoxy) is 1. The number of carbonyl (C=O) groups excluding carboxylic acids is 1. The Bertz CT molecular complexity index is 593. The Hall–Kier alpha value is -1.87. The van der Waals surface area contributed by atoms with E-state index in [-0.39, 0.29) is 5.91 Å². The van der Waals surface area contributed by atoms with Gasteiger partial charge in [0.05, 0.1) is 29.8 Å². The van der Waals surface area contributed by atoms with E-state index in [1.165, 1.54) is 0 Å². The van der Waals surface area contributed by atoms with E-state index in [0.29, 0.717) is 35.5 Å². The zero-order valence-corrected chi connectivity index (χ0v) is 14.0. The van der Waals surface area contributed by atoms with Gasteiger partial charge in [-0.15, -0.1) is 0 Å². The Labute approximate surface area is 147 Å². The van der Waals surface area contributed by atoms with Crippen molar-refractivity contribution in [3.8, 4) is 0 Å². The lowest BCUT2D eigenvalue weighted by molar-refractivity contribution is -0.159. The average Bonchev–Trinajstić information content (AvgIpc) is 2.52. The molecule has 8 nitrogen and oxygen atoms in total. The van der Waals surface area contributed by atoms with Crippen molar-refractivity contribution in [2.24, 2.45) is 0 Å². The van der Waals surface area contributed by atoms with Gasteiger partial charge >= 0.3 is 11.9 Å².